The summed E-state index contributed by atoms with van der Waals surface area (Å²) in [7, 11) is 0. The van der Waals surface area contributed by atoms with Crippen LogP contribution in [0.2, 0.25) is 0 Å². The van der Waals surface area contributed by atoms with Gasteiger partial charge in [0.1, 0.15) is 11.9 Å². The second kappa shape index (κ2) is 7.38. The molecule has 0 aliphatic rings. The SMILES string of the molecule is Cc1cc(C(=O)CCC(=O)NCC(O)c2ccco2)c(C)s1. The number of hydrogen-bond acceptors (Lipinski definition) is 5. The first-order chi connectivity index (χ1) is 10.5. The Morgan fingerprint density at radius 2 is 2.14 bits per heavy atom. The van der Waals surface area contributed by atoms with Crippen LogP contribution in [0, 0.1) is 13.8 Å². The molecule has 1 unspecified atom stereocenters. The molecule has 2 aromatic rings. The fourth-order valence-corrected chi connectivity index (χ4v) is 3.09. The number of carbonyl (C=O) groups excluding carboxylic acids is 2. The number of thiophene rings is 1. The molecule has 1 atom stereocenters. The number of rotatable bonds is 7. The molecule has 0 saturated heterocycles. The average Bonchev–Trinajstić information content (AvgIpc) is 3.11. The Morgan fingerprint density at radius 3 is 2.73 bits per heavy atom. The van der Waals surface area contributed by atoms with E-state index in [-0.39, 0.29) is 31.1 Å². The van der Waals surface area contributed by atoms with Crippen molar-refractivity contribution in [1.82, 2.24) is 5.32 Å². The Hall–Kier alpha value is -1.92. The maximum Gasteiger partial charge on any atom is 0.220 e. The molecule has 118 valence electrons. The molecule has 2 N–H and O–H groups in total. The summed E-state index contributed by atoms with van der Waals surface area (Å²) >= 11 is 1.58. The molecule has 22 heavy (non-hydrogen) atoms. The summed E-state index contributed by atoms with van der Waals surface area (Å²) in [6.45, 7) is 3.93. The van der Waals surface area contributed by atoms with Crippen molar-refractivity contribution in [3.63, 3.8) is 0 Å². The highest BCUT2D eigenvalue weighted by atomic mass is 32.1. The zero-order valence-electron chi connectivity index (χ0n) is 12.6. The minimum atomic E-state index is -0.878. The molecule has 1 amide bonds. The van der Waals surface area contributed by atoms with Crippen molar-refractivity contribution < 1.29 is 19.1 Å². The highest BCUT2D eigenvalue weighted by Crippen LogP contribution is 2.22. The van der Waals surface area contributed by atoms with Gasteiger partial charge in [0.25, 0.3) is 0 Å². The topological polar surface area (TPSA) is 79.5 Å². The first-order valence-corrected chi connectivity index (χ1v) is 7.87. The van der Waals surface area contributed by atoms with Crippen LogP contribution in [0.1, 0.15) is 44.8 Å². The number of aliphatic hydroxyl groups is 1. The van der Waals surface area contributed by atoms with Crippen LogP contribution in [0.4, 0.5) is 0 Å². The maximum absolute atomic E-state index is 12.1. The minimum absolute atomic E-state index is 0.0245. The van der Waals surface area contributed by atoms with E-state index in [0.717, 1.165) is 9.75 Å². The fraction of sp³-hybridized carbons (Fsp3) is 0.375. The molecule has 2 aromatic heterocycles. The van der Waals surface area contributed by atoms with Gasteiger partial charge in [-0.1, -0.05) is 0 Å². The van der Waals surface area contributed by atoms with Crippen molar-refractivity contribution in [2.75, 3.05) is 6.54 Å². The summed E-state index contributed by atoms with van der Waals surface area (Å²) in [5.74, 6) is 0.118. The Labute approximate surface area is 133 Å². The van der Waals surface area contributed by atoms with Crippen LogP contribution in [0.15, 0.2) is 28.9 Å². The third-order valence-electron chi connectivity index (χ3n) is 3.28. The number of amides is 1. The Balaban J connectivity index is 1.76. The first-order valence-electron chi connectivity index (χ1n) is 7.05. The highest BCUT2D eigenvalue weighted by molar-refractivity contribution is 7.12. The monoisotopic (exact) mass is 321 g/mol. The van der Waals surface area contributed by atoms with Gasteiger partial charge in [-0.3, -0.25) is 9.59 Å². The van der Waals surface area contributed by atoms with Crippen LogP contribution in [-0.4, -0.2) is 23.3 Å². The Bertz CT molecular complexity index is 645. The first kappa shape index (κ1) is 16.5. The number of Topliss-reactive ketones (excluding diaryl/α,β-unsaturated/α-hetero) is 1. The fourth-order valence-electron chi connectivity index (χ4n) is 2.15. The molecule has 2 heterocycles. The van der Waals surface area contributed by atoms with Crippen molar-refractivity contribution in [3.05, 3.63) is 45.5 Å². The van der Waals surface area contributed by atoms with E-state index in [0.29, 0.717) is 11.3 Å². The molecule has 0 saturated carbocycles. The number of ketones is 1. The molecule has 0 aromatic carbocycles. The molecular weight excluding hydrogens is 302 g/mol. The number of carbonyl (C=O) groups is 2. The normalized spacial score (nSPS) is 12.1. The van der Waals surface area contributed by atoms with Crippen LogP contribution in [0.3, 0.4) is 0 Å². The van der Waals surface area contributed by atoms with E-state index in [2.05, 4.69) is 5.32 Å². The molecule has 0 aliphatic carbocycles. The number of furan rings is 1. The second-order valence-electron chi connectivity index (χ2n) is 5.09. The second-order valence-corrected chi connectivity index (χ2v) is 6.55. The predicted molar refractivity (Wildman–Crippen MR) is 84.0 cm³/mol. The lowest BCUT2D eigenvalue weighted by atomic mass is 10.1. The zero-order valence-corrected chi connectivity index (χ0v) is 13.4. The average molecular weight is 321 g/mol. The number of aryl methyl sites for hydroxylation is 2. The molecule has 0 spiro atoms. The quantitative estimate of drug-likeness (QED) is 0.769. The predicted octanol–water partition coefficient (Wildman–Crippen LogP) is 2.77. The van der Waals surface area contributed by atoms with Crippen LogP contribution >= 0.6 is 11.3 Å². The van der Waals surface area contributed by atoms with Crippen molar-refractivity contribution in [3.8, 4) is 0 Å². The van der Waals surface area contributed by atoms with Crippen LogP contribution in [0.5, 0.6) is 0 Å². The van der Waals surface area contributed by atoms with Gasteiger partial charge in [0, 0.05) is 28.2 Å². The van der Waals surface area contributed by atoms with Crippen molar-refractivity contribution in [2.45, 2.75) is 32.8 Å². The summed E-state index contributed by atoms with van der Waals surface area (Å²) in [6, 6.07) is 5.17. The molecule has 0 aliphatic heterocycles. The molecule has 0 fully saturated rings. The van der Waals surface area contributed by atoms with Gasteiger partial charge in [0.15, 0.2) is 5.78 Å². The minimum Gasteiger partial charge on any atom is -0.467 e. The van der Waals surface area contributed by atoms with E-state index in [1.165, 1.54) is 6.26 Å². The van der Waals surface area contributed by atoms with E-state index >= 15 is 0 Å². The van der Waals surface area contributed by atoms with Crippen LogP contribution in [0.25, 0.3) is 0 Å². The summed E-state index contributed by atoms with van der Waals surface area (Å²) in [6.07, 6.45) is 0.860. The van der Waals surface area contributed by atoms with Gasteiger partial charge in [0.05, 0.1) is 12.8 Å². The van der Waals surface area contributed by atoms with E-state index in [1.54, 1.807) is 23.5 Å². The van der Waals surface area contributed by atoms with Gasteiger partial charge in [-0.25, -0.2) is 0 Å². The molecule has 5 nitrogen and oxygen atoms in total. The number of aliphatic hydroxyl groups excluding tert-OH is 1. The number of nitrogens with one attached hydrogen (secondary N) is 1. The molecular formula is C16H19NO4S. The van der Waals surface area contributed by atoms with Gasteiger partial charge < -0.3 is 14.8 Å². The van der Waals surface area contributed by atoms with Gasteiger partial charge in [-0.05, 0) is 32.0 Å². The summed E-state index contributed by atoms with van der Waals surface area (Å²) < 4.78 is 5.04. The summed E-state index contributed by atoms with van der Waals surface area (Å²) in [5, 5.41) is 12.4. The third-order valence-corrected chi connectivity index (χ3v) is 4.25. The maximum atomic E-state index is 12.1. The molecule has 0 radical (unpaired) electrons. The standard InChI is InChI=1S/C16H19NO4S/c1-10-8-12(11(2)22-10)13(18)5-6-16(20)17-9-14(19)15-4-3-7-21-15/h3-4,7-8,14,19H,5-6,9H2,1-2H3,(H,17,20). The lowest BCUT2D eigenvalue weighted by Crippen LogP contribution is -2.28. The van der Waals surface area contributed by atoms with Crippen LogP contribution in [-0.2, 0) is 4.79 Å². The largest absolute Gasteiger partial charge is 0.467 e. The lowest BCUT2D eigenvalue weighted by Gasteiger charge is -2.09. The van der Waals surface area contributed by atoms with Crippen molar-refractivity contribution >= 4 is 23.0 Å². The van der Waals surface area contributed by atoms with Gasteiger partial charge in [-0.2, -0.15) is 0 Å². The zero-order chi connectivity index (χ0) is 16.1. The van der Waals surface area contributed by atoms with Crippen LogP contribution < -0.4 is 5.32 Å². The third kappa shape index (κ3) is 4.29. The summed E-state index contributed by atoms with van der Waals surface area (Å²) in [4.78, 5) is 25.9. The van der Waals surface area contributed by atoms with Gasteiger partial charge in [-0.15, -0.1) is 11.3 Å². The Kier molecular flexibility index (Phi) is 5.51. The Morgan fingerprint density at radius 1 is 1.36 bits per heavy atom. The van der Waals surface area contributed by atoms with E-state index in [9.17, 15) is 14.7 Å². The van der Waals surface area contributed by atoms with Gasteiger partial charge in [0.2, 0.25) is 5.91 Å². The van der Waals surface area contributed by atoms with E-state index in [4.69, 9.17) is 4.42 Å². The lowest BCUT2D eigenvalue weighted by molar-refractivity contribution is -0.121. The molecule has 0 bridgehead atoms. The van der Waals surface area contributed by atoms with E-state index in [1.807, 2.05) is 19.9 Å². The highest BCUT2D eigenvalue weighted by Gasteiger charge is 2.15. The van der Waals surface area contributed by atoms with E-state index < -0.39 is 6.10 Å². The smallest absolute Gasteiger partial charge is 0.220 e. The molecule has 2 rings (SSSR count). The van der Waals surface area contributed by atoms with Gasteiger partial charge >= 0.3 is 0 Å². The van der Waals surface area contributed by atoms with Crippen molar-refractivity contribution in [2.24, 2.45) is 0 Å². The summed E-state index contributed by atoms with van der Waals surface area (Å²) in [5.41, 5.74) is 0.700. The van der Waals surface area contributed by atoms with Crippen molar-refractivity contribution in [1.29, 1.82) is 0 Å². The molecule has 6 heteroatoms. The number of hydrogen-bond donors (Lipinski definition) is 2.